The first kappa shape index (κ1) is 9.57. The monoisotopic (exact) mass is 185 g/mol. The molecule has 0 saturated carbocycles. The van der Waals surface area contributed by atoms with E-state index in [-0.39, 0.29) is 25.3 Å². The molecule has 1 saturated heterocycles. The van der Waals surface area contributed by atoms with Crippen LogP contribution < -0.4 is 0 Å². The van der Waals surface area contributed by atoms with Gasteiger partial charge >= 0.3 is 12.1 Å². The van der Waals surface area contributed by atoms with E-state index in [4.69, 9.17) is 9.47 Å². The normalized spacial score (nSPS) is 21.2. The van der Waals surface area contributed by atoms with Crippen LogP contribution in [0.5, 0.6) is 0 Å². The highest BCUT2D eigenvalue weighted by atomic mass is 16.6. The Bertz CT molecular complexity index is 238. The van der Waals surface area contributed by atoms with Gasteiger partial charge in [0.1, 0.15) is 19.3 Å². The van der Waals surface area contributed by atoms with Gasteiger partial charge in [-0.1, -0.05) is 6.58 Å². The minimum absolute atomic E-state index is 0.146. The number of carbonyl (C=O) groups excluding carboxylic acids is 2. The first-order valence-electron chi connectivity index (χ1n) is 3.84. The summed E-state index contributed by atoms with van der Waals surface area (Å²) >= 11 is 0. The molecular weight excluding hydrogens is 174 g/mol. The third kappa shape index (κ3) is 2.21. The van der Waals surface area contributed by atoms with Gasteiger partial charge in [-0.25, -0.2) is 9.59 Å². The van der Waals surface area contributed by atoms with Crippen molar-refractivity contribution in [3.63, 3.8) is 0 Å². The molecule has 1 aliphatic rings. The molecule has 1 aliphatic heterocycles. The summed E-state index contributed by atoms with van der Waals surface area (Å²) in [5, 5.41) is 0. The average molecular weight is 185 g/mol. The molecule has 0 N–H and O–H groups in total. The van der Waals surface area contributed by atoms with E-state index in [2.05, 4.69) is 6.58 Å². The molecule has 5 heteroatoms. The van der Waals surface area contributed by atoms with Crippen LogP contribution in [0.1, 0.15) is 0 Å². The SMILES string of the molecule is C=CC(=O)OCC1COC(=O)N1C. The predicted octanol–water partition coefficient (Wildman–Crippen LogP) is 0.166. The molecule has 0 radical (unpaired) electrons. The zero-order chi connectivity index (χ0) is 9.84. The van der Waals surface area contributed by atoms with Crippen molar-refractivity contribution in [2.45, 2.75) is 6.04 Å². The number of amides is 1. The van der Waals surface area contributed by atoms with Gasteiger partial charge in [0.2, 0.25) is 0 Å². The highest BCUT2D eigenvalue weighted by molar-refractivity contribution is 5.81. The lowest BCUT2D eigenvalue weighted by Crippen LogP contribution is -2.33. The van der Waals surface area contributed by atoms with Crippen molar-refractivity contribution < 1.29 is 19.1 Å². The van der Waals surface area contributed by atoms with Crippen molar-refractivity contribution in [3.05, 3.63) is 12.7 Å². The van der Waals surface area contributed by atoms with Crippen molar-refractivity contribution in [3.8, 4) is 0 Å². The summed E-state index contributed by atoms with van der Waals surface area (Å²) in [5.74, 6) is -0.493. The van der Waals surface area contributed by atoms with Crippen LogP contribution in [-0.4, -0.2) is 43.3 Å². The third-order valence-electron chi connectivity index (χ3n) is 1.82. The molecule has 1 rings (SSSR count). The lowest BCUT2D eigenvalue weighted by molar-refractivity contribution is -0.138. The zero-order valence-corrected chi connectivity index (χ0v) is 7.36. The topological polar surface area (TPSA) is 55.8 Å². The summed E-state index contributed by atoms with van der Waals surface area (Å²) in [6.07, 6.45) is 0.692. The Kier molecular flexibility index (Phi) is 2.89. The largest absolute Gasteiger partial charge is 0.460 e. The molecule has 1 atom stereocenters. The molecular formula is C8H11NO4. The fourth-order valence-corrected chi connectivity index (χ4v) is 0.927. The van der Waals surface area contributed by atoms with Crippen molar-refractivity contribution in [2.24, 2.45) is 0 Å². The molecule has 72 valence electrons. The van der Waals surface area contributed by atoms with E-state index in [0.29, 0.717) is 0 Å². The number of esters is 1. The molecule has 0 aromatic rings. The highest BCUT2D eigenvalue weighted by Crippen LogP contribution is 2.09. The van der Waals surface area contributed by atoms with Gasteiger partial charge in [0.25, 0.3) is 0 Å². The van der Waals surface area contributed by atoms with E-state index < -0.39 is 5.97 Å². The maximum atomic E-state index is 10.8. The molecule has 0 bridgehead atoms. The van der Waals surface area contributed by atoms with Crippen LogP contribution >= 0.6 is 0 Å². The summed E-state index contributed by atoms with van der Waals surface area (Å²) in [6.45, 7) is 3.66. The summed E-state index contributed by atoms with van der Waals surface area (Å²) in [5.41, 5.74) is 0. The Morgan fingerprint density at radius 3 is 3.08 bits per heavy atom. The highest BCUT2D eigenvalue weighted by Gasteiger charge is 2.30. The van der Waals surface area contributed by atoms with Crippen molar-refractivity contribution in [1.82, 2.24) is 4.90 Å². The van der Waals surface area contributed by atoms with Crippen LogP contribution in [0.2, 0.25) is 0 Å². The van der Waals surface area contributed by atoms with Crippen LogP contribution in [0.4, 0.5) is 4.79 Å². The molecule has 0 spiro atoms. The standard InChI is InChI=1S/C8H11NO4/c1-3-7(10)12-4-6-5-13-8(11)9(6)2/h3,6H,1,4-5H2,2H3. The number of hydrogen-bond acceptors (Lipinski definition) is 4. The number of cyclic esters (lactones) is 1. The molecule has 1 fully saturated rings. The van der Waals surface area contributed by atoms with Crippen LogP contribution in [0.25, 0.3) is 0 Å². The van der Waals surface area contributed by atoms with Crippen molar-refractivity contribution in [1.29, 1.82) is 0 Å². The molecule has 13 heavy (non-hydrogen) atoms. The first-order valence-corrected chi connectivity index (χ1v) is 3.84. The second kappa shape index (κ2) is 3.93. The minimum Gasteiger partial charge on any atom is -0.460 e. The Hall–Kier alpha value is -1.52. The van der Waals surface area contributed by atoms with E-state index in [0.717, 1.165) is 6.08 Å². The minimum atomic E-state index is -0.493. The molecule has 0 aliphatic carbocycles. The van der Waals surface area contributed by atoms with Gasteiger partial charge in [-0.05, 0) is 0 Å². The van der Waals surface area contributed by atoms with Crippen molar-refractivity contribution in [2.75, 3.05) is 20.3 Å². The zero-order valence-electron chi connectivity index (χ0n) is 7.36. The fourth-order valence-electron chi connectivity index (χ4n) is 0.927. The summed E-state index contributed by atoms with van der Waals surface area (Å²) in [7, 11) is 1.60. The lowest BCUT2D eigenvalue weighted by Gasteiger charge is -2.14. The molecule has 1 heterocycles. The van der Waals surface area contributed by atoms with Gasteiger partial charge in [0, 0.05) is 13.1 Å². The van der Waals surface area contributed by atoms with Gasteiger partial charge in [0.15, 0.2) is 0 Å². The molecule has 1 unspecified atom stereocenters. The second-order valence-electron chi connectivity index (χ2n) is 2.68. The van der Waals surface area contributed by atoms with E-state index in [1.807, 2.05) is 0 Å². The Morgan fingerprint density at radius 2 is 2.62 bits per heavy atom. The Balaban J connectivity index is 2.34. The molecule has 0 aromatic heterocycles. The van der Waals surface area contributed by atoms with Crippen LogP contribution in [0, 0.1) is 0 Å². The second-order valence-corrected chi connectivity index (χ2v) is 2.68. The maximum Gasteiger partial charge on any atom is 0.410 e. The van der Waals surface area contributed by atoms with Gasteiger partial charge in [0.05, 0.1) is 0 Å². The maximum absolute atomic E-state index is 10.8. The van der Waals surface area contributed by atoms with Crippen molar-refractivity contribution >= 4 is 12.1 Å². The molecule has 0 aromatic carbocycles. The van der Waals surface area contributed by atoms with Gasteiger partial charge in [-0.2, -0.15) is 0 Å². The third-order valence-corrected chi connectivity index (χ3v) is 1.82. The number of ether oxygens (including phenoxy) is 2. The summed E-state index contributed by atoms with van der Waals surface area (Å²) < 4.78 is 9.48. The number of likely N-dealkylation sites (N-methyl/N-ethyl adjacent to an activating group) is 1. The average Bonchev–Trinajstić information content (AvgIpc) is 2.44. The number of carbonyl (C=O) groups is 2. The van der Waals surface area contributed by atoms with Gasteiger partial charge in [-0.15, -0.1) is 0 Å². The smallest absolute Gasteiger partial charge is 0.410 e. The lowest BCUT2D eigenvalue weighted by atomic mass is 10.3. The molecule has 1 amide bonds. The van der Waals surface area contributed by atoms with Crippen LogP contribution in [0.3, 0.4) is 0 Å². The number of nitrogens with zero attached hydrogens (tertiary/aromatic N) is 1. The Morgan fingerprint density at radius 1 is 1.92 bits per heavy atom. The van der Waals surface area contributed by atoms with E-state index >= 15 is 0 Å². The fraction of sp³-hybridized carbons (Fsp3) is 0.500. The first-order chi connectivity index (χ1) is 6.15. The quantitative estimate of drug-likeness (QED) is 0.464. The molecule has 5 nitrogen and oxygen atoms in total. The van der Waals surface area contributed by atoms with E-state index in [1.165, 1.54) is 4.90 Å². The van der Waals surface area contributed by atoms with E-state index in [1.54, 1.807) is 7.05 Å². The van der Waals surface area contributed by atoms with Crippen LogP contribution in [-0.2, 0) is 14.3 Å². The van der Waals surface area contributed by atoms with Gasteiger partial charge in [-0.3, -0.25) is 0 Å². The predicted molar refractivity (Wildman–Crippen MR) is 44.1 cm³/mol. The van der Waals surface area contributed by atoms with Gasteiger partial charge < -0.3 is 14.4 Å². The Labute approximate surface area is 75.9 Å². The summed E-state index contributed by atoms with van der Waals surface area (Å²) in [4.78, 5) is 22.9. The van der Waals surface area contributed by atoms with Crippen LogP contribution in [0.15, 0.2) is 12.7 Å². The summed E-state index contributed by atoms with van der Waals surface area (Å²) in [6, 6.07) is -0.184. The number of hydrogen-bond donors (Lipinski definition) is 0. The van der Waals surface area contributed by atoms with E-state index in [9.17, 15) is 9.59 Å². The number of rotatable bonds is 3.